The van der Waals surface area contributed by atoms with Gasteiger partial charge in [0.15, 0.2) is 0 Å². The van der Waals surface area contributed by atoms with Crippen LogP contribution < -0.4 is 5.63 Å². The topological polar surface area (TPSA) is 50.4 Å². The molecule has 3 heteroatoms. The lowest BCUT2D eigenvalue weighted by Crippen LogP contribution is -2.00. The van der Waals surface area contributed by atoms with Crippen molar-refractivity contribution >= 4 is 10.8 Å². The molecule has 2 aromatic carbocycles. The van der Waals surface area contributed by atoms with Crippen LogP contribution >= 0.6 is 0 Å². The molecule has 19 heavy (non-hydrogen) atoms. The number of benzene rings is 2. The van der Waals surface area contributed by atoms with Crippen molar-refractivity contribution in [3.8, 4) is 17.1 Å². The lowest BCUT2D eigenvalue weighted by molar-refractivity contribution is 0.475. The molecule has 3 rings (SSSR count). The van der Waals surface area contributed by atoms with Gasteiger partial charge in [0.05, 0.1) is 0 Å². The SMILES string of the molecule is Cc1ccc(-c2cc3cccc(O)c3c(=O)o2)cc1. The number of hydrogen-bond donors (Lipinski definition) is 1. The second kappa shape index (κ2) is 4.28. The summed E-state index contributed by atoms with van der Waals surface area (Å²) in [5.41, 5.74) is 1.46. The van der Waals surface area contributed by atoms with E-state index in [-0.39, 0.29) is 11.1 Å². The molecule has 0 atom stereocenters. The molecule has 0 bridgehead atoms. The van der Waals surface area contributed by atoms with Gasteiger partial charge in [-0.15, -0.1) is 0 Å². The van der Waals surface area contributed by atoms with E-state index in [9.17, 15) is 9.90 Å². The van der Waals surface area contributed by atoms with Gasteiger partial charge in [-0.2, -0.15) is 0 Å². The number of aromatic hydroxyl groups is 1. The van der Waals surface area contributed by atoms with Gasteiger partial charge in [0.2, 0.25) is 0 Å². The highest BCUT2D eigenvalue weighted by molar-refractivity contribution is 5.88. The highest BCUT2D eigenvalue weighted by Crippen LogP contribution is 2.26. The van der Waals surface area contributed by atoms with Crippen molar-refractivity contribution in [2.75, 3.05) is 0 Å². The van der Waals surface area contributed by atoms with Gasteiger partial charge in [-0.25, -0.2) is 4.79 Å². The molecular weight excluding hydrogens is 240 g/mol. The number of rotatable bonds is 1. The summed E-state index contributed by atoms with van der Waals surface area (Å²) in [6, 6.07) is 14.5. The van der Waals surface area contributed by atoms with E-state index in [1.807, 2.05) is 31.2 Å². The summed E-state index contributed by atoms with van der Waals surface area (Å²) in [6.45, 7) is 2.00. The average molecular weight is 252 g/mol. The molecule has 3 aromatic rings. The van der Waals surface area contributed by atoms with Crippen LogP contribution in [-0.4, -0.2) is 5.11 Å². The highest BCUT2D eigenvalue weighted by Gasteiger charge is 2.09. The fourth-order valence-corrected chi connectivity index (χ4v) is 2.08. The minimum atomic E-state index is -0.522. The summed E-state index contributed by atoms with van der Waals surface area (Å²) in [7, 11) is 0. The lowest BCUT2D eigenvalue weighted by Gasteiger charge is -2.04. The Hall–Kier alpha value is -2.55. The Balaban J connectivity index is 2.27. The monoisotopic (exact) mass is 252 g/mol. The van der Waals surface area contributed by atoms with Crippen LogP contribution in [0.1, 0.15) is 5.56 Å². The average Bonchev–Trinajstić information content (AvgIpc) is 2.39. The summed E-state index contributed by atoms with van der Waals surface area (Å²) < 4.78 is 5.28. The maximum atomic E-state index is 11.9. The molecule has 0 spiro atoms. The fraction of sp³-hybridized carbons (Fsp3) is 0.0625. The van der Waals surface area contributed by atoms with Crippen LogP contribution in [0.5, 0.6) is 5.75 Å². The van der Waals surface area contributed by atoms with Gasteiger partial charge in [0.1, 0.15) is 16.9 Å². The fourth-order valence-electron chi connectivity index (χ4n) is 2.08. The molecule has 0 saturated carbocycles. The van der Waals surface area contributed by atoms with Crippen molar-refractivity contribution in [2.24, 2.45) is 0 Å². The number of phenolic OH excluding ortho intramolecular Hbond substituents is 1. The molecule has 0 radical (unpaired) electrons. The third-order valence-electron chi connectivity index (χ3n) is 3.10. The Morgan fingerprint density at radius 2 is 1.79 bits per heavy atom. The van der Waals surface area contributed by atoms with Crippen molar-refractivity contribution < 1.29 is 9.52 Å². The molecule has 1 N–H and O–H groups in total. The first kappa shape index (κ1) is 11.5. The minimum absolute atomic E-state index is 0.0540. The van der Waals surface area contributed by atoms with E-state index in [2.05, 4.69) is 0 Å². The second-order valence-electron chi connectivity index (χ2n) is 4.51. The first-order valence-electron chi connectivity index (χ1n) is 5.98. The Labute approximate surface area is 109 Å². The molecule has 0 aliphatic rings. The molecule has 0 aliphatic carbocycles. The molecule has 0 fully saturated rings. The van der Waals surface area contributed by atoms with Crippen molar-refractivity contribution in [1.29, 1.82) is 0 Å². The standard InChI is InChI=1S/C16H12O3/c1-10-5-7-11(8-6-10)14-9-12-3-2-4-13(17)15(12)16(18)19-14/h2-9,17H,1H3. The minimum Gasteiger partial charge on any atom is -0.507 e. The van der Waals surface area contributed by atoms with E-state index < -0.39 is 5.63 Å². The maximum Gasteiger partial charge on any atom is 0.347 e. The van der Waals surface area contributed by atoms with Gasteiger partial charge < -0.3 is 9.52 Å². The van der Waals surface area contributed by atoms with E-state index in [1.54, 1.807) is 18.2 Å². The zero-order valence-corrected chi connectivity index (χ0v) is 10.4. The summed E-state index contributed by atoms with van der Waals surface area (Å²) in [5.74, 6) is 0.449. The first-order chi connectivity index (χ1) is 9.15. The third kappa shape index (κ3) is 1.99. The smallest absolute Gasteiger partial charge is 0.347 e. The van der Waals surface area contributed by atoms with Gasteiger partial charge in [0, 0.05) is 5.56 Å². The molecule has 94 valence electrons. The van der Waals surface area contributed by atoms with Crippen LogP contribution in [0, 0.1) is 6.92 Å². The third-order valence-corrected chi connectivity index (χ3v) is 3.10. The quantitative estimate of drug-likeness (QED) is 0.721. The van der Waals surface area contributed by atoms with Crippen LogP contribution in [0.15, 0.2) is 57.7 Å². The van der Waals surface area contributed by atoms with Crippen LogP contribution in [0.2, 0.25) is 0 Å². The summed E-state index contributed by atoms with van der Waals surface area (Å²) in [6.07, 6.45) is 0. The summed E-state index contributed by atoms with van der Waals surface area (Å²) in [5, 5.41) is 10.6. The van der Waals surface area contributed by atoms with Gasteiger partial charge in [-0.05, 0) is 24.4 Å². The summed E-state index contributed by atoms with van der Waals surface area (Å²) >= 11 is 0. The Bertz CT molecular complexity index is 798. The largest absolute Gasteiger partial charge is 0.507 e. The highest BCUT2D eigenvalue weighted by atomic mass is 16.4. The van der Waals surface area contributed by atoms with Crippen molar-refractivity contribution in [2.45, 2.75) is 6.92 Å². The number of aryl methyl sites for hydroxylation is 1. The van der Waals surface area contributed by atoms with Gasteiger partial charge >= 0.3 is 5.63 Å². The van der Waals surface area contributed by atoms with Crippen LogP contribution in [0.4, 0.5) is 0 Å². The molecule has 0 saturated heterocycles. The van der Waals surface area contributed by atoms with Crippen LogP contribution in [0.3, 0.4) is 0 Å². The van der Waals surface area contributed by atoms with Crippen LogP contribution in [-0.2, 0) is 0 Å². The van der Waals surface area contributed by atoms with Crippen molar-refractivity contribution in [3.63, 3.8) is 0 Å². The predicted molar refractivity (Wildman–Crippen MR) is 74.3 cm³/mol. The van der Waals surface area contributed by atoms with Crippen molar-refractivity contribution in [1.82, 2.24) is 0 Å². The number of fused-ring (bicyclic) bond motifs is 1. The number of phenols is 1. The molecule has 0 aliphatic heterocycles. The predicted octanol–water partition coefficient (Wildman–Crippen LogP) is 3.47. The molecule has 1 heterocycles. The first-order valence-corrected chi connectivity index (χ1v) is 5.98. The molecule has 1 aromatic heterocycles. The molecule has 3 nitrogen and oxygen atoms in total. The van der Waals surface area contributed by atoms with Crippen LogP contribution in [0.25, 0.3) is 22.1 Å². The maximum absolute atomic E-state index is 11.9. The Morgan fingerprint density at radius 3 is 2.53 bits per heavy atom. The van der Waals surface area contributed by atoms with Gasteiger partial charge in [-0.1, -0.05) is 42.0 Å². The normalized spacial score (nSPS) is 10.8. The Morgan fingerprint density at radius 1 is 1.05 bits per heavy atom. The molecule has 0 amide bonds. The van der Waals surface area contributed by atoms with E-state index in [4.69, 9.17) is 4.42 Å². The number of hydrogen-bond acceptors (Lipinski definition) is 3. The zero-order chi connectivity index (χ0) is 13.4. The summed E-state index contributed by atoms with van der Waals surface area (Å²) in [4.78, 5) is 11.9. The van der Waals surface area contributed by atoms with E-state index in [0.29, 0.717) is 11.1 Å². The second-order valence-corrected chi connectivity index (χ2v) is 4.51. The van der Waals surface area contributed by atoms with Gasteiger partial charge in [-0.3, -0.25) is 0 Å². The van der Waals surface area contributed by atoms with E-state index >= 15 is 0 Å². The lowest BCUT2D eigenvalue weighted by atomic mass is 10.1. The van der Waals surface area contributed by atoms with E-state index in [0.717, 1.165) is 11.1 Å². The van der Waals surface area contributed by atoms with E-state index in [1.165, 1.54) is 6.07 Å². The van der Waals surface area contributed by atoms with Crippen molar-refractivity contribution in [3.05, 3.63) is 64.5 Å². The Kier molecular flexibility index (Phi) is 2.60. The van der Waals surface area contributed by atoms with Gasteiger partial charge in [0.25, 0.3) is 0 Å². The molecule has 0 unspecified atom stereocenters. The molecular formula is C16H12O3. The zero-order valence-electron chi connectivity index (χ0n) is 10.4.